The van der Waals surface area contributed by atoms with Gasteiger partial charge < -0.3 is 10.4 Å². The number of amides is 1. The van der Waals surface area contributed by atoms with Crippen molar-refractivity contribution in [3.05, 3.63) is 59.4 Å². The lowest BCUT2D eigenvalue weighted by molar-refractivity contribution is -0.376. The van der Waals surface area contributed by atoms with Crippen LogP contribution in [0.25, 0.3) is 0 Å². The van der Waals surface area contributed by atoms with Crippen molar-refractivity contribution in [3.8, 4) is 6.07 Å². The Morgan fingerprint density at radius 2 is 1.68 bits per heavy atom. The zero-order valence-electron chi connectivity index (χ0n) is 18.6. The summed E-state index contributed by atoms with van der Waals surface area (Å²) in [4.78, 5) is 11.8. The lowest BCUT2D eigenvalue weighted by atomic mass is 9.87. The molecule has 3 rings (SSSR count). The van der Waals surface area contributed by atoms with Gasteiger partial charge in [-0.25, -0.2) is 12.8 Å². The van der Waals surface area contributed by atoms with E-state index in [0.717, 1.165) is 24.3 Å². The van der Waals surface area contributed by atoms with E-state index in [0.29, 0.717) is 22.5 Å². The predicted molar refractivity (Wildman–Crippen MR) is 114 cm³/mol. The second-order valence-electron chi connectivity index (χ2n) is 8.14. The Morgan fingerprint density at radius 3 is 2.22 bits per heavy atom. The Balaban J connectivity index is 2.16. The van der Waals surface area contributed by atoms with Gasteiger partial charge in [0.15, 0.2) is 0 Å². The third-order valence-corrected chi connectivity index (χ3v) is 7.67. The summed E-state index contributed by atoms with van der Waals surface area (Å²) in [7, 11) is -4.60. The Hall–Kier alpha value is -3.38. The monoisotopic (exact) mass is 553 g/mol. The van der Waals surface area contributed by atoms with Crippen LogP contribution in [0.5, 0.6) is 0 Å². The Labute approximate surface area is 206 Å². The van der Waals surface area contributed by atoms with E-state index in [4.69, 9.17) is 5.26 Å². The van der Waals surface area contributed by atoms with Crippen LogP contribution < -0.4 is 9.62 Å². The number of carbonyl (C=O) groups is 1. The number of nitriles is 1. The van der Waals surface area contributed by atoms with Crippen molar-refractivity contribution in [2.24, 2.45) is 0 Å². The molecule has 0 aromatic heterocycles. The summed E-state index contributed by atoms with van der Waals surface area (Å²) in [6.07, 6.45) is -13.2. The molecule has 0 unspecified atom stereocenters. The van der Waals surface area contributed by atoms with Crippen molar-refractivity contribution in [2.75, 3.05) is 10.8 Å². The fourth-order valence-corrected chi connectivity index (χ4v) is 5.72. The highest BCUT2D eigenvalue weighted by Crippen LogP contribution is 2.51. The maximum Gasteiger partial charge on any atom is 0.430 e. The predicted octanol–water partition coefficient (Wildman–Crippen LogP) is 3.68. The molecule has 0 saturated heterocycles. The molecular formula is C22H18F7N3O4S. The zero-order valence-corrected chi connectivity index (χ0v) is 19.4. The molecular weight excluding hydrogens is 535 g/mol. The molecule has 200 valence electrons. The van der Waals surface area contributed by atoms with E-state index in [-0.39, 0.29) is 30.6 Å². The van der Waals surface area contributed by atoms with Gasteiger partial charge in [-0.1, -0.05) is 12.1 Å². The third kappa shape index (κ3) is 5.21. The van der Waals surface area contributed by atoms with E-state index in [9.17, 15) is 49.1 Å². The van der Waals surface area contributed by atoms with Crippen LogP contribution in [0.15, 0.2) is 47.4 Å². The number of aliphatic hydroxyl groups is 1. The summed E-state index contributed by atoms with van der Waals surface area (Å²) >= 11 is 0. The van der Waals surface area contributed by atoms with Crippen molar-refractivity contribution >= 4 is 21.6 Å². The average Bonchev–Trinajstić information content (AvgIpc) is 2.80. The highest BCUT2D eigenvalue weighted by atomic mass is 32.2. The van der Waals surface area contributed by atoms with Crippen LogP contribution in [-0.2, 0) is 26.8 Å². The van der Waals surface area contributed by atoms with Gasteiger partial charge in [0, 0.05) is 12.0 Å². The van der Waals surface area contributed by atoms with Crippen molar-refractivity contribution in [3.63, 3.8) is 0 Å². The van der Waals surface area contributed by atoms with Gasteiger partial charge in [0.1, 0.15) is 12.4 Å². The molecule has 7 nitrogen and oxygen atoms in total. The molecule has 2 N–H and O–H groups in total. The van der Waals surface area contributed by atoms with Gasteiger partial charge in [0.25, 0.3) is 15.6 Å². The highest BCUT2D eigenvalue weighted by molar-refractivity contribution is 7.92. The normalized spacial score (nSPS) is 16.6. The number of hydrogen-bond donors (Lipinski definition) is 2. The Bertz CT molecular complexity index is 1310. The number of nitrogens with zero attached hydrogens (tertiary/aromatic N) is 2. The number of alkyl halides is 6. The van der Waals surface area contributed by atoms with Crippen LogP contribution in [0.2, 0.25) is 0 Å². The van der Waals surface area contributed by atoms with E-state index < -0.39 is 62.6 Å². The van der Waals surface area contributed by atoms with Gasteiger partial charge in [0.2, 0.25) is 5.91 Å². The smallest absolute Gasteiger partial charge is 0.369 e. The second-order valence-corrected chi connectivity index (χ2v) is 9.95. The van der Waals surface area contributed by atoms with Gasteiger partial charge in [-0.15, -0.1) is 0 Å². The van der Waals surface area contributed by atoms with Crippen molar-refractivity contribution in [1.29, 1.82) is 5.26 Å². The molecule has 0 aliphatic carbocycles. The standard InChI is InChI=1S/C22H18F7N3O4S/c23-15-3-6-17(7-4-15)37(35,36)32-16(12-19(33)31-10-9-30)5-1-13-11-14(2-8-18(13)32)20(34,21(24,25)26)22(27,28)29/h2-4,6-8,11,16,34H,1,5,10,12H2,(H,31,33)/t16-/m0/s1. The van der Waals surface area contributed by atoms with Gasteiger partial charge >= 0.3 is 12.4 Å². The van der Waals surface area contributed by atoms with Gasteiger partial charge in [-0.05, 0) is 48.7 Å². The summed E-state index contributed by atoms with van der Waals surface area (Å²) in [5.41, 5.74) is -7.35. The maximum atomic E-state index is 13.5. The van der Waals surface area contributed by atoms with Crippen LogP contribution in [0.3, 0.4) is 0 Å². The lowest BCUT2D eigenvalue weighted by Crippen LogP contribution is -2.54. The summed E-state index contributed by atoms with van der Waals surface area (Å²) in [6, 6.07) is 5.43. The molecule has 1 aliphatic heterocycles. The number of sulfonamides is 1. The second kappa shape index (κ2) is 9.82. The Morgan fingerprint density at radius 1 is 1.08 bits per heavy atom. The largest absolute Gasteiger partial charge is 0.430 e. The minimum Gasteiger partial charge on any atom is -0.369 e. The number of anilines is 1. The van der Waals surface area contributed by atoms with Crippen LogP contribution in [-0.4, -0.2) is 44.4 Å². The van der Waals surface area contributed by atoms with Crippen LogP contribution in [0.1, 0.15) is 24.0 Å². The lowest BCUT2D eigenvalue weighted by Gasteiger charge is -2.39. The molecule has 2 aromatic rings. The van der Waals surface area contributed by atoms with Crippen LogP contribution >= 0.6 is 0 Å². The molecule has 1 amide bonds. The van der Waals surface area contributed by atoms with Crippen LogP contribution in [0.4, 0.5) is 36.4 Å². The number of fused-ring (bicyclic) bond motifs is 1. The molecule has 1 aliphatic rings. The minimum atomic E-state index is -6.14. The number of nitrogens with one attached hydrogen (secondary N) is 1. The van der Waals surface area contributed by atoms with Gasteiger partial charge in [0.05, 0.1) is 22.7 Å². The molecule has 37 heavy (non-hydrogen) atoms. The summed E-state index contributed by atoms with van der Waals surface area (Å²) < 4.78 is 121. The maximum absolute atomic E-state index is 13.5. The van der Waals surface area contributed by atoms with E-state index in [1.165, 1.54) is 0 Å². The molecule has 0 radical (unpaired) electrons. The van der Waals surface area contributed by atoms with Crippen molar-refractivity contribution < 1.29 is 49.1 Å². The first-order valence-corrected chi connectivity index (χ1v) is 11.9. The first-order chi connectivity index (χ1) is 17.0. The van der Waals surface area contributed by atoms with Crippen molar-refractivity contribution in [1.82, 2.24) is 5.32 Å². The summed E-state index contributed by atoms with van der Waals surface area (Å²) in [5, 5.41) is 20.6. The number of carbonyl (C=O) groups excluding carboxylic acids is 1. The molecule has 0 bridgehead atoms. The zero-order chi connectivity index (χ0) is 27.8. The number of benzene rings is 2. The number of rotatable bonds is 6. The van der Waals surface area contributed by atoms with E-state index >= 15 is 0 Å². The topological polar surface area (TPSA) is 110 Å². The van der Waals surface area contributed by atoms with E-state index in [1.807, 2.05) is 0 Å². The molecule has 2 aromatic carbocycles. The number of hydrogen-bond acceptors (Lipinski definition) is 5. The average molecular weight is 553 g/mol. The molecule has 0 spiro atoms. The Kier molecular flexibility index (Phi) is 7.49. The fraction of sp³-hybridized carbons (Fsp3) is 0.364. The highest BCUT2D eigenvalue weighted by Gasteiger charge is 2.71. The van der Waals surface area contributed by atoms with Gasteiger partial charge in [-0.2, -0.15) is 31.6 Å². The van der Waals surface area contributed by atoms with Crippen molar-refractivity contribution in [2.45, 2.75) is 48.2 Å². The summed E-state index contributed by atoms with van der Waals surface area (Å²) in [6.45, 7) is -0.385. The number of aryl methyl sites for hydroxylation is 1. The fourth-order valence-electron chi connectivity index (χ4n) is 4.01. The molecule has 1 atom stereocenters. The van der Waals surface area contributed by atoms with E-state index in [1.54, 1.807) is 6.07 Å². The molecule has 1 heterocycles. The molecule has 0 fully saturated rings. The van der Waals surface area contributed by atoms with Crippen LogP contribution in [0, 0.1) is 17.1 Å². The SMILES string of the molecule is N#CCNC(=O)C[C@@H]1CCc2cc(C(O)(C(F)(F)F)C(F)(F)F)ccc2N1S(=O)(=O)c1ccc(F)cc1. The summed E-state index contributed by atoms with van der Waals surface area (Å²) in [5.74, 6) is -1.50. The first kappa shape index (κ1) is 28.2. The third-order valence-electron chi connectivity index (χ3n) is 5.79. The first-order valence-electron chi connectivity index (χ1n) is 10.5. The molecule has 0 saturated carbocycles. The van der Waals surface area contributed by atoms with Gasteiger partial charge in [-0.3, -0.25) is 9.10 Å². The minimum absolute atomic E-state index is 0.201. The van der Waals surface area contributed by atoms with E-state index in [2.05, 4.69) is 5.32 Å². The quantitative estimate of drug-likeness (QED) is 0.419. The number of halogens is 7. The molecule has 15 heteroatoms.